The van der Waals surface area contributed by atoms with E-state index in [0.29, 0.717) is 12.4 Å². The molecule has 0 N–H and O–H groups in total. The van der Waals surface area contributed by atoms with Crippen LogP contribution in [0.3, 0.4) is 0 Å². The van der Waals surface area contributed by atoms with E-state index in [9.17, 15) is 4.79 Å². The van der Waals surface area contributed by atoms with Crippen LogP contribution in [0.25, 0.3) is 17.0 Å². The van der Waals surface area contributed by atoms with Gasteiger partial charge in [0.15, 0.2) is 11.5 Å². The van der Waals surface area contributed by atoms with Crippen LogP contribution < -0.4 is 0 Å². The van der Waals surface area contributed by atoms with Gasteiger partial charge >= 0.3 is 5.97 Å². The monoisotopic (exact) mass is 283 g/mol. The van der Waals surface area contributed by atoms with Crippen molar-refractivity contribution < 1.29 is 14.1 Å². The summed E-state index contributed by atoms with van der Waals surface area (Å²) in [4.78, 5) is 15.5. The first-order valence-electron chi connectivity index (χ1n) is 6.50. The number of nitrogens with zero attached hydrogens (tertiary/aromatic N) is 3. The quantitative estimate of drug-likeness (QED) is 0.688. The maximum Gasteiger partial charge on any atom is 0.360 e. The Kier molecular flexibility index (Phi) is 3.51. The van der Waals surface area contributed by atoms with Crippen LogP contribution in [0.1, 0.15) is 17.4 Å². The van der Waals surface area contributed by atoms with Crippen LogP contribution >= 0.6 is 0 Å². The molecule has 0 saturated carbocycles. The van der Waals surface area contributed by atoms with Crippen LogP contribution in [0.5, 0.6) is 0 Å². The summed E-state index contributed by atoms with van der Waals surface area (Å²) in [6.45, 7) is 2.05. The van der Waals surface area contributed by atoms with Gasteiger partial charge in [-0.3, -0.25) is 0 Å². The number of aromatic nitrogens is 3. The summed E-state index contributed by atoms with van der Waals surface area (Å²) in [5.41, 5.74) is 1.99. The van der Waals surface area contributed by atoms with Crippen molar-refractivity contribution in [3.05, 3.63) is 54.7 Å². The summed E-state index contributed by atoms with van der Waals surface area (Å²) in [5.74, 6) is 0.0396. The molecule has 3 rings (SSSR count). The van der Waals surface area contributed by atoms with Crippen LogP contribution in [0.15, 0.2) is 53.6 Å². The number of hydrogen-bond acceptors (Lipinski definition) is 5. The molecule has 0 spiro atoms. The summed E-state index contributed by atoms with van der Waals surface area (Å²) in [5, 5.41) is 3.72. The lowest BCUT2D eigenvalue weighted by Gasteiger charge is -2.02. The minimum absolute atomic E-state index is 0.172. The summed E-state index contributed by atoms with van der Waals surface area (Å²) < 4.78 is 11.9. The summed E-state index contributed by atoms with van der Waals surface area (Å²) in [6.07, 6.45) is 5.31. The molecule has 0 amide bonds. The second-order valence-electron chi connectivity index (χ2n) is 4.31. The van der Waals surface area contributed by atoms with E-state index in [0.717, 1.165) is 11.3 Å². The molecule has 21 heavy (non-hydrogen) atoms. The molecule has 6 nitrogen and oxygen atoms in total. The van der Waals surface area contributed by atoms with E-state index in [-0.39, 0.29) is 5.69 Å². The maximum atomic E-state index is 11.5. The Labute approximate surface area is 121 Å². The van der Waals surface area contributed by atoms with Gasteiger partial charge in [0, 0.05) is 29.7 Å². The Bertz CT molecular complexity index is 730. The normalized spacial score (nSPS) is 10.5. The molecule has 0 radical (unpaired) electrons. The van der Waals surface area contributed by atoms with Crippen molar-refractivity contribution in [3.63, 3.8) is 0 Å². The van der Waals surface area contributed by atoms with Crippen LogP contribution in [0, 0.1) is 0 Å². The van der Waals surface area contributed by atoms with Crippen molar-refractivity contribution in [2.45, 2.75) is 6.92 Å². The number of carbonyl (C=O) groups is 1. The lowest BCUT2D eigenvalue weighted by molar-refractivity contribution is 0.0514. The fourth-order valence-corrected chi connectivity index (χ4v) is 1.92. The lowest BCUT2D eigenvalue weighted by Crippen LogP contribution is -2.04. The van der Waals surface area contributed by atoms with Crippen LogP contribution in [0.4, 0.5) is 0 Å². The number of hydrogen-bond donors (Lipinski definition) is 0. The van der Waals surface area contributed by atoms with E-state index in [2.05, 4.69) is 10.1 Å². The molecule has 0 bridgehead atoms. The number of imidazole rings is 1. The molecule has 0 fully saturated rings. The number of esters is 1. The molecule has 2 heterocycles. The first-order chi connectivity index (χ1) is 10.3. The molecular weight excluding hydrogens is 270 g/mol. The predicted octanol–water partition coefficient (Wildman–Crippen LogP) is 2.70. The molecule has 0 aliphatic rings. The smallest absolute Gasteiger partial charge is 0.360 e. The zero-order valence-corrected chi connectivity index (χ0v) is 11.4. The number of carbonyl (C=O) groups excluding carboxylic acids is 1. The molecule has 0 atom stereocenters. The third-order valence-electron chi connectivity index (χ3n) is 2.95. The van der Waals surface area contributed by atoms with Crippen molar-refractivity contribution in [1.29, 1.82) is 0 Å². The van der Waals surface area contributed by atoms with E-state index < -0.39 is 5.97 Å². The summed E-state index contributed by atoms with van der Waals surface area (Å²) in [6, 6.07) is 9.23. The van der Waals surface area contributed by atoms with Crippen molar-refractivity contribution >= 4 is 5.97 Å². The van der Waals surface area contributed by atoms with Gasteiger partial charge in [-0.2, -0.15) is 0 Å². The Morgan fingerprint density at radius 2 is 2.14 bits per heavy atom. The third-order valence-corrected chi connectivity index (χ3v) is 2.95. The second kappa shape index (κ2) is 5.62. The molecule has 0 saturated heterocycles. The standard InChI is InChI=1S/C15H13N3O3/c1-2-20-15(19)13-9-14(21-17-13)11-3-5-12(6-4-11)18-8-7-16-10-18/h3-10H,2H2,1H3. The Morgan fingerprint density at radius 3 is 2.81 bits per heavy atom. The predicted molar refractivity (Wildman–Crippen MR) is 75.0 cm³/mol. The average molecular weight is 283 g/mol. The van der Waals surface area contributed by atoms with Gasteiger partial charge in [-0.25, -0.2) is 9.78 Å². The highest BCUT2D eigenvalue weighted by Gasteiger charge is 2.14. The Hall–Kier alpha value is -2.89. The Morgan fingerprint density at radius 1 is 1.33 bits per heavy atom. The highest BCUT2D eigenvalue weighted by molar-refractivity contribution is 5.88. The van der Waals surface area contributed by atoms with Gasteiger partial charge in [-0.15, -0.1) is 0 Å². The highest BCUT2D eigenvalue weighted by Crippen LogP contribution is 2.22. The Balaban J connectivity index is 1.83. The molecule has 0 aliphatic carbocycles. The fraction of sp³-hybridized carbons (Fsp3) is 0.133. The number of benzene rings is 1. The number of rotatable bonds is 4. The van der Waals surface area contributed by atoms with Gasteiger partial charge in [0.2, 0.25) is 0 Å². The zero-order valence-electron chi connectivity index (χ0n) is 11.4. The minimum atomic E-state index is -0.484. The van der Waals surface area contributed by atoms with Crippen molar-refractivity contribution in [3.8, 4) is 17.0 Å². The average Bonchev–Trinajstić information content (AvgIpc) is 3.19. The van der Waals surface area contributed by atoms with Gasteiger partial charge < -0.3 is 13.8 Å². The van der Waals surface area contributed by atoms with E-state index >= 15 is 0 Å². The van der Waals surface area contributed by atoms with Gasteiger partial charge in [0.1, 0.15) is 0 Å². The molecule has 0 unspecified atom stereocenters. The first kappa shape index (κ1) is 13.1. The van der Waals surface area contributed by atoms with Crippen molar-refractivity contribution in [1.82, 2.24) is 14.7 Å². The van der Waals surface area contributed by atoms with E-state index in [1.807, 2.05) is 35.0 Å². The SMILES string of the molecule is CCOC(=O)c1cc(-c2ccc(-n3ccnc3)cc2)on1. The number of ether oxygens (including phenoxy) is 1. The minimum Gasteiger partial charge on any atom is -0.461 e. The molecule has 106 valence electrons. The van der Waals surface area contributed by atoms with Gasteiger partial charge in [-0.05, 0) is 31.2 Å². The van der Waals surface area contributed by atoms with Crippen LogP contribution in [-0.4, -0.2) is 27.3 Å². The molecule has 6 heteroatoms. The van der Waals surface area contributed by atoms with Gasteiger partial charge in [0.05, 0.1) is 12.9 Å². The summed E-state index contributed by atoms with van der Waals surface area (Å²) in [7, 11) is 0. The highest BCUT2D eigenvalue weighted by atomic mass is 16.5. The molecule has 2 aromatic heterocycles. The van der Waals surface area contributed by atoms with Crippen LogP contribution in [-0.2, 0) is 4.74 Å². The molecule has 1 aromatic carbocycles. The summed E-state index contributed by atoms with van der Waals surface area (Å²) >= 11 is 0. The van der Waals surface area contributed by atoms with E-state index in [1.54, 1.807) is 25.5 Å². The molecular formula is C15H13N3O3. The third kappa shape index (κ3) is 2.69. The van der Waals surface area contributed by atoms with Crippen molar-refractivity contribution in [2.24, 2.45) is 0 Å². The van der Waals surface area contributed by atoms with Crippen LogP contribution in [0.2, 0.25) is 0 Å². The topological polar surface area (TPSA) is 70.2 Å². The second-order valence-corrected chi connectivity index (χ2v) is 4.31. The van der Waals surface area contributed by atoms with E-state index in [4.69, 9.17) is 9.26 Å². The van der Waals surface area contributed by atoms with Crippen molar-refractivity contribution in [2.75, 3.05) is 6.61 Å². The zero-order chi connectivity index (χ0) is 14.7. The molecule has 0 aliphatic heterocycles. The fourth-order valence-electron chi connectivity index (χ4n) is 1.92. The maximum absolute atomic E-state index is 11.5. The van der Waals surface area contributed by atoms with E-state index in [1.165, 1.54) is 0 Å². The first-order valence-corrected chi connectivity index (χ1v) is 6.50. The molecule has 3 aromatic rings. The van der Waals surface area contributed by atoms with Gasteiger partial charge in [-0.1, -0.05) is 5.16 Å². The van der Waals surface area contributed by atoms with Gasteiger partial charge in [0.25, 0.3) is 0 Å². The lowest BCUT2D eigenvalue weighted by atomic mass is 10.1. The largest absolute Gasteiger partial charge is 0.461 e.